The van der Waals surface area contributed by atoms with Crippen LogP contribution >= 0.6 is 15.9 Å². The van der Waals surface area contributed by atoms with Gasteiger partial charge in [0.1, 0.15) is 5.82 Å². The minimum absolute atomic E-state index is 0.284. The zero-order valence-electron chi connectivity index (χ0n) is 8.67. The third-order valence-corrected chi connectivity index (χ3v) is 2.56. The zero-order valence-corrected chi connectivity index (χ0v) is 10.3. The molecule has 0 bridgehead atoms. The number of hydroxylamine groups is 2. The molecule has 0 aliphatic carbocycles. The van der Waals surface area contributed by atoms with E-state index in [1.54, 1.807) is 13.0 Å². The summed E-state index contributed by atoms with van der Waals surface area (Å²) in [5, 5.41) is 1.05. The molecule has 82 valence electrons. The topological polar surface area (TPSA) is 29.5 Å². The molecule has 0 aliphatic heterocycles. The van der Waals surface area contributed by atoms with E-state index in [1.165, 1.54) is 20.2 Å². The number of carbonyl (C=O) groups is 1. The molecule has 0 spiro atoms. The molecule has 1 aromatic carbocycles. The van der Waals surface area contributed by atoms with Gasteiger partial charge in [-0.15, -0.1) is 0 Å². The van der Waals surface area contributed by atoms with Gasteiger partial charge < -0.3 is 0 Å². The van der Waals surface area contributed by atoms with Gasteiger partial charge in [0.05, 0.1) is 7.11 Å². The molecule has 0 N–H and O–H groups in total. The Bertz CT molecular complexity index is 395. The van der Waals surface area contributed by atoms with E-state index >= 15 is 0 Å². The highest BCUT2D eigenvalue weighted by Gasteiger charge is 2.17. The van der Waals surface area contributed by atoms with Gasteiger partial charge in [-0.25, -0.2) is 9.45 Å². The maximum absolute atomic E-state index is 13.3. The van der Waals surface area contributed by atoms with Crippen LogP contribution < -0.4 is 0 Å². The second-order valence-corrected chi connectivity index (χ2v) is 3.96. The Morgan fingerprint density at radius 1 is 1.53 bits per heavy atom. The van der Waals surface area contributed by atoms with E-state index in [4.69, 9.17) is 4.84 Å². The van der Waals surface area contributed by atoms with Crippen LogP contribution in [0.4, 0.5) is 4.39 Å². The minimum atomic E-state index is -0.419. The van der Waals surface area contributed by atoms with Gasteiger partial charge in [0, 0.05) is 17.1 Å². The Morgan fingerprint density at radius 3 is 2.67 bits per heavy atom. The first kappa shape index (κ1) is 12.1. The Morgan fingerprint density at radius 2 is 2.13 bits per heavy atom. The van der Waals surface area contributed by atoms with E-state index in [0.717, 1.165) is 5.06 Å². The van der Waals surface area contributed by atoms with Gasteiger partial charge in [0.15, 0.2) is 0 Å². The summed E-state index contributed by atoms with van der Waals surface area (Å²) in [6.45, 7) is 1.55. The molecule has 0 saturated heterocycles. The lowest BCUT2D eigenvalue weighted by molar-refractivity contribution is -0.0757. The summed E-state index contributed by atoms with van der Waals surface area (Å²) in [6, 6.07) is 2.88. The molecule has 0 saturated carbocycles. The Hall–Kier alpha value is -0.940. The van der Waals surface area contributed by atoms with Crippen molar-refractivity contribution in [3.8, 4) is 0 Å². The van der Waals surface area contributed by atoms with Gasteiger partial charge in [-0.1, -0.05) is 15.9 Å². The fourth-order valence-corrected chi connectivity index (χ4v) is 1.55. The summed E-state index contributed by atoms with van der Waals surface area (Å²) in [5.41, 5.74) is 0.596. The van der Waals surface area contributed by atoms with Crippen LogP contribution in [-0.4, -0.2) is 25.1 Å². The normalized spacial score (nSPS) is 10.2. The fourth-order valence-electron chi connectivity index (χ4n) is 1.12. The van der Waals surface area contributed by atoms with Crippen LogP contribution in [0.3, 0.4) is 0 Å². The number of carbonyl (C=O) groups excluding carboxylic acids is 1. The summed E-state index contributed by atoms with van der Waals surface area (Å²) in [5.74, 6) is -0.799. The molecular weight excluding hydrogens is 265 g/mol. The van der Waals surface area contributed by atoms with Crippen molar-refractivity contribution >= 4 is 21.8 Å². The molecule has 0 radical (unpaired) electrons. The molecule has 0 unspecified atom stereocenters. The Labute approximate surface area is 95.9 Å². The van der Waals surface area contributed by atoms with E-state index in [2.05, 4.69) is 15.9 Å². The number of amides is 1. The van der Waals surface area contributed by atoms with E-state index in [0.29, 0.717) is 10.0 Å². The molecule has 1 amide bonds. The molecule has 3 nitrogen and oxygen atoms in total. The van der Waals surface area contributed by atoms with E-state index in [-0.39, 0.29) is 11.5 Å². The van der Waals surface area contributed by atoms with Gasteiger partial charge in [-0.3, -0.25) is 9.63 Å². The highest BCUT2D eigenvalue weighted by molar-refractivity contribution is 9.10. The average Bonchev–Trinajstić information content (AvgIpc) is 2.21. The van der Waals surface area contributed by atoms with Crippen molar-refractivity contribution in [1.29, 1.82) is 0 Å². The van der Waals surface area contributed by atoms with Crippen LogP contribution in [-0.2, 0) is 4.84 Å². The standard InChI is InChI=1S/C10H11BrFNO2/c1-6-8(10(14)13(2)15-3)4-7(11)5-9(6)12/h4-5H,1-3H3. The first-order valence-electron chi connectivity index (χ1n) is 4.25. The largest absolute Gasteiger partial charge is 0.277 e. The van der Waals surface area contributed by atoms with Crippen LogP contribution in [0.15, 0.2) is 16.6 Å². The number of rotatable bonds is 2. The predicted molar refractivity (Wildman–Crippen MR) is 57.9 cm³/mol. The molecule has 0 aliphatic rings. The van der Waals surface area contributed by atoms with Crippen LogP contribution in [0, 0.1) is 12.7 Å². The monoisotopic (exact) mass is 275 g/mol. The van der Waals surface area contributed by atoms with Crippen LogP contribution in [0.2, 0.25) is 0 Å². The quantitative estimate of drug-likeness (QED) is 0.777. The molecule has 1 rings (SSSR count). The van der Waals surface area contributed by atoms with Crippen molar-refractivity contribution in [3.05, 3.63) is 33.5 Å². The zero-order chi connectivity index (χ0) is 11.6. The van der Waals surface area contributed by atoms with Crippen LogP contribution in [0.25, 0.3) is 0 Å². The summed E-state index contributed by atoms with van der Waals surface area (Å²) >= 11 is 3.13. The van der Waals surface area contributed by atoms with Gasteiger partial charge in [0.25, 0.3) is 5.91 Å². The average molecular weight is 276 g/mol. The fraction of sp³-hybridized carbons (Fsp3) is 0.300. The summed E-state index contributed by atoms with van der Waals surface area (Å²) in [6.07, 6.45) is 0. The summed E-state index contributed by atoms with van der Waals surface area (Å²) in [4.78, 5) is 16.5. The predicted octanol–water partition coefficient (Wildman–Crippen LogP) is 2.53. The van der Waals surface area contributed by atoms with E-state index < -0.39 is 5.82 Å². The summed E-state index contributed by atoms with van der Waals surface area (Å²) in [7, 11) is 2.85. The molecule has 1 aromatic rings. The second kappa shape index (κ2) is 4.72. The number of halogens is 2. The number of hydrogen-bond acceptors (Lipinski definition) is 2. The van der Waals surface area contributed by atoms with Crippen LogP contribution in [0.1, 0.15) is 15.9 Å². The molecule has 15 heavy (non-hydrogen) atoms. The molecule has 5 heteroatoms. The Kier molecular flexibility index (Phi) is 3.82. The van der Waals surface area contributed by atoms with Gasteiger partial charge in [0.2, 0.25) is 0 Å². The van der Waals surface area contributed by atoms with Crippen LogP contribution in [0.5, 0.6) is 0 Å². The smallest absolute Gasteiger partial charge is 0.274 e. The van der Waals surface area contributed by atoms with E-state index in [9.17, 15) is 9.18 Å². The lowest BCUT2D eigenvalue weighted by atomic mass is 10.1. The van der Waals surface area contributed by atoms with Gasteiger partial charge in [-0.05, 0) is 24.6 Å². The van der Waals surface area contributed by atoms with Crippen molar-refractivity contribution in [3.63, 3.8) is 0 Å². The summed E-state index contributed by atoms with van der Waals surface area (Å²) < 4.78 is 13.9. The molecular formula is C10H11BrFNO2. The number of benzene rings is 1. The third kappa shape index (κ3) is 2.54. The van der Waals surface area contributed by atoms with Crippen molar-refractivity contribution in [2.75, 3.05) is 14.2 Å². The maximum Gasteiger partial charge on any atom is 0.277 e. The molecule has 0 atom stereocenters. The van der Waals surface area contributed by atoms with Gasteiger partial charge >= 0.3 is 0 Å². The first-order chi connectivity index (χ1) is 6.97. The third-order valence-electron chi connectivity index (χ3n) is 2.10. The first-order valence-corrected chi connectivity index (χ1v) is 5.04. The molecule has 0 heterocycles. The molecule has 0 fully saturated rings. The Balaban J connectivity index is 3.19. The lowest BCUT2D eigenvalue weighted by Gasteiger charge is -2.15. The highest BCUT2D eigenvalue weighted by Crippen LogP contribution is 2.20. The maximum atomic E-state index is 13.3. The highest BCUT2D eigenvalue weighted by atomic mass is 79.9. The van der Waals surface area contributed by atoms with Crippen molar-refractivity contribution in [1.82, 2.24) is 5.06 Å². The van der Waals surface area contributed by atoms with Crippen molar-refractivity contribution < 1.29 is 14.0 Å². The molecule has 0 aromatic heterocycles. The van der Waals surface area contributed by atoms with Crippen molar-refractivity contribution in [2.45, 2.75) is 6.92 Å². The number of nitrogens with zero attached hydrogens (tertiary/aromatic N) is 1. The SMILES string of the molecule is CON(C)C(=O)c1cc(Br)cc(F)c1C. The van der Waals surface area contributed by atoms with E-state index in [1.807, 2.05) is 0 Å². The lowest BCUT2D eigenvalue weighted by Crippen LogP contribution is -2.26. The second-order valence-electron chi connectivity index (χ2n) is 3.05. The number of hydrogen-bond donors (Lipinski definition) is 0. The minimum Gasteiger partial charge on any atom is -0.274 e. The van der Waals surface area contributed by atoms with Crippen molar-refractivity contribution in [2.24, 2.45) is 0 Å². The van der Waals surface area contributed by atoms with Gasteiger partial charge in [-0.2, -0.15) is 0 Å².